The van der Waals surface area contributed by atoms with Gasteiger partial charge >= 0.3 is 0 Å². The van der Waals surface area contributed by atoms with Gasteiger partial charge in [0.1, 0.15) is 10.7 Å². The fraction of sp³-hybridized carbons (Fsp3) is 0.538. The van der Waals surface area contributed by atoms with Crippen LogP contribution in [0.4, 0.5) is 10.1 Å². The van der Waals surface area contributed by atoms with E-state index in [1.54, 1.807) is 0 Å². The molecule has 0 spiro atoms. The van der Waals surface area contributed by atoms with Crippen LogP contribution in [0, 0.1) is 11.7 Å². The molecule has 1 aromatic rings. The van der Waals surface area contributed by atoms with Gasteiger partial charge in [0.2, 0.25) is 10.0 Å². The molecule has 20 heavy (non-hydrogen) atoms. The van der Waals surface area contributed by atoms with Crippen LogP contribution in [0.3, 0.4) is 0 Å². The molecule has 1 aliphatic carbocycles. The first kappa shape index (κ1) is 15.7. The summed E-state index contributed by atoms with van der Waals surface area (Å²) >= 11 is 2.98. The minimum absolute atomic E-state index is 0.0839. The van der Waals surface area contributed by atoms with E-state index in [1.807, 2.05) is 6.92 Å². The molecule has 1 fully saturated rings. The highest BCUT2D eigenvalue weighted by molar-refractivity contribution is 9.10. The van der Waals surface area contributed by atoms with E-state index in [2.05, 4.69) is 20.7 Å². The Hall–Kier alpha value is -0.660. The molecule has 0 saturated heterocycles. The number of rotatable bonds is 4. The molecular weight excluding hydrogens is 347 g/mol. The molecule has 1 aromatic carbocycles. The third kappa shape index (κ3) is 3.32. The smallest absolute Gasteiger partial charge is 0.242 e. The van der Waals surface area contributed by atoms with Crippen molar-refractivity contribution in [3.05, 3.63) is 22.4 Å². The third-order valence-electron chi connectivity index (χ3n) is 3.79. The lowest BCUT2D eigenvalue weighted by Gasteiger charge is -2.21. The van der Waals surface area contributed by atoms with Crippen LogP contribution in [-0.4, -0.2) is 14.5 Å². The second kappa shape index (κ2) is 5.99. The quantitative estimate of drug-likeness (QED) is 0.806. The maximum Gasteiger partial charge on any atom is 0.242 e. The average Bonchev–Trinajstić information content (AvgIpc) is 2.86. The van der Waals surface area contributed by atoms with Crippen LogP contribution < -0.4 is 10.5 Å². The van der Waals surface area contributed by atoms with E-state index in [9.17, 15) is 12.8 Å². The number of halogens is 2. The Balaban J connectivity index is 2.24. The van der Waals surface area contributed by atoms with E-state index in [1.165, 1.54) is 6.07 Å². The Bertz CT molecular complexity index is 601. The van der Waals surface area contributed by atoms with Gasteiger partial charge in [-0.1, -0.05) is 12.8 Å². The number of sulfonamides is 1. The lowest BCUT2D eigenvalue weighted by Crippen LogP contribution is -2.37. The monoisotopic (exact) mass is 364 g/mol. The summed E-state index contributed by atoms with van der Waals surface area (Å²) < 4.78 is 40.7. The van der Waals surface area contributed by atoms with Gasteiger partial charge in [0.15, 0.2) is 0 Å². The van der Waals surface area contributed by atoms with Gasteiger partial charge in [-0.05, 0) is 53.7 Å². The summed E-state index contributed by atoms with van der Waals surface area (Å²) in [6.07, 6.45) is 4.35. The second-order valence-corrected chi connectivity index (χ2v) is 7.80. The van der Waals surface area contributed by atoms with Gasteiger partial charge in [0.05, 0.1) is 10.2 Å². The van der Waals surface area contributed by atoms with Crippen LogP contribution >= 0.6 is 15.9 Å². The minimum atomic E-state index is -3.74. The van der Waals surface area contributed by atoms with E-state index in [4.69, 9.17) is 5.73 Å². The molecule has 1 saturated carbocycles. The maximum absolute atomic E-state index is 13.3. The van der Waals surface area contributed by atoms with E-state index in [-0.39, 0.29) is 21.1 Å². The summed E-state index contributed by atoms with van der Waals surface area (Å²) in [4.78, 5) is -0.0874. The second-order valence-electron chi connectivity index (χ2n) is 5.26. The zero-order valence-electron chi connectivity index (χ0n) is 11.2. The highest BCUT2D eigenvalue weighted by atomic mass is 79.9. The van der Waals surface area contributed by atoms with Crippen molar-refractivity contribution < 1.29 is 12.8 Å². The van der Waals surface area contributed by atoms with E-state index < -0.39 is 15.8 Å². The summed E-state index contributed by atoms with van der Waals surface area (Å²) in [7, 11) is -3.74. The fourth-order valence-corrected chi connectivity index (χ4v) is 4.58. The molecular formula is C13H18BrFN2O2S. The molecule has 0 amide bonds. The normalized spacial score (nSPS) is 18.4. The van der Waals surface area contributed by atoms with Gasteiger partial charge in [-0.15, -0.1) is 0 Å². The van der Waals surface area contributed by atoms with Crippen molar-refractivity contribution in [2.75, 3.05) is 5.73 Å². The highest BCUT2D eigenvalue weighted by Crippen LogP contribution is 2.30. The highest BCUT2D eigenvalue weighted by Gasteiger charge is 2.27. The molecule has 7 heteroatoms. The first-order chi connectivity index (χ1) is 9.31. The van der Waals surface area contributed by atoms with Crippen LogP contribution in [0.2, 0.25) is 0 Å². The van der Waals surface area contributed by atoms with E-state index in [0.29, 0.717) is 5.92 Å². The molecule has 3 N–H and O–H groups in total. The van der Waals surface area contributed by atoms with Crippen LogP contribution in [0.15, 0.2) is 21.5 Å². The van der Waals surface area contributed by atoms with Crippen molar-refractivity contribution in [3.8, 4) is 0 Å². The number of hydrogen-bond donors (Lipinski definition) is 2. The molecule has 0 radical (unpaired) electrons. The summed E-state index contributed by atoms with van der Waals surface area (Å²) in [5, 5.41) is 0. The Labute approximate surface area is 127 Å². The molecule has 0 aromatic heterocycles. The van der Waals surface area contributed by atoms with Crippen molar-refractivity contribution in [1.29, 1.82) is 0 Å². The number of nitrogens with one attached hydrogen (secondary N) is 1. The topological polar surface area (TPSA) is 72.2 Å². The van der Waals surface area contributed by atoms with Crippen molar-refractivity contribution in [2.24, 2.45) is 5.92 Å². The number of hydrogen-bond acceptors (Lipinski definition) is 3. The van der Waals surface area contributed by atoms with Crippen molar-refractivity contribution >= 4 is 31.6 Å². The zero-order valence-corrected chi connectivity index (χ0v) is 13.6. The Morgan fingerprint density at radius 3 is 2.60 bits per heavy atom. The lowest BCUT2D eigenvalue weighted by molar-refractivity contribution is 0.424. The third-order valence-corrected chi connectivity index (χ3v) is 6.01. The molecule has 1 unspecified atom stereocenters. The van der Waals surface area contributed by atoms with Gasteiger partial charge in [-0.3, -0.25) is 0 Å². The summed E-state index contributed by atoms with van der Waals surface area (Å²) in [5.41, 5.74) is 5.54. The summed E-state index contributed by atoms with van der Waals surface area (Å²) in [6, 6.07) is 2.07. The van der Waals surface area contributed by atoms with Crippen LogP contribution in [0.25, 0.3) is 0 Å². The molecule has 0 aliphatic heterocycles. The largest absolute Gasteiger partial charge is 0.398 e. The molecule has 2 rings (SSSR count). The summed E-state index contributed by atoms with van der Waals surface area (Å²) in [6.45, 7) is 1.86. The minimum Gasteiger partial charge on any atom is -0.398 e. The predicted molar refractivity (Wildman–Crippen MR) is 80.3 cm³/mol. The SMILES string of the molecule is CC(NS(=O)(=O)c1cc(Br)c(F)cc1N)C1CCCC1. The first-order valence-corrected chi connectivity index (χ1v) is 8.85. The molecule has 0 heterocycles. The van der Waals surface area contributed by atoms with Crippen LogP contribution in [-0.2, 0) is 10.0 Å². The molecule has 4 nitrogen and oxygen atoms in total. The van der Waals surface area contributed by atoms with Gasteiger partial charge in [-0.2, -0.15) is 0 Å². The first-order valence-electron chi connectivity index (χ1n) is 6.58. The van der Waals surface area contributed by atoms with Gasteiger partial charge in [0, 0.05) is 6.04 Å². The number of anilines is 1. The lowest BCUT2D eigenvalue weighted by atomic mass is 10.0. The standard InChI is InChI=1S/C13H18BrFN2O2S/c1-8(9-4-2-3-5-9)17-20(18,19)13-6-10(14)11(15)7-12(13)16/h6-9,17H,2-5,16H2,1H3. The Kier molecular flexibility index (Phi) is 4.71. The number of benzene rings is 1. The summed E-state index contributed by atoms with van der Waals surface area (Å²) in [5.74, 6) is -0.222. The molecule has 112 valence electrons. The van der Waals surface area contributed by atoms with Gasteiger partial charge < -0.3 is 5.73 Å². The van der Waals surface area contributed by atoms with E-state index in [0.717, 1.165) is 31.7 Å². The van der Waals surface area contributed by atoms with Crippen LogP contribution in [0.1, 0.15) is 32.6 Å². The van der Waals surface area contributed by atoms with Crippen LogP contribution in [0.5, 0.6) is 0 Å². The Morgan fingerprint density at radius 2 is 2.00 bits per heavy atom. The zero-order chi connectivity index (χ0) is 14.9. The molecule has 1 aliphatic rings. The average molecular weight is 365 g/mol. The molecule has 1 atom stereocenters. The molecule has 0 bridgehead atoms. The Morgan fingerprint density at radius 1 is 1.40 bits per heavy atom. The van der Waals surface area contributed by atoms with Crippen molar-refractivity contribution in [3.63, 3.8) is 0 Å². The van der Waals surface area contributed by atoms with Gasteiger partial charge in [-0.25, -0.2) is 17.5 Å². The van der Waals surface area contributed by atoms with Gasteiger partial charge in [0.25, 0.3) is 0 Å². The van der Waals surface area contributed by atoms with Crippen molar-refractivity contribution in [2.45, 2.75) is 43.5 Å². The fourth-order valence-electron chi connectivity index (χ4n) is 2.64. The predicted octanol–water partition coefficient (Wildman–Crippen LogP) is 3.03. The van der Waals surface area contributed by atoms with Crippen molar-refractivity contribution in [1.82, 2.24) is 4.72 Å². The number of nitrogen functional groups attached to an aromatic ring is 1. The number of nitrogens with two attached hydrogens (primary N) is 1. The van der Waals surface area contributed by atoms with E-state index >= 15 is 0 Å². The maximum atomic E-state index is 13.3.